The first-order valence-corrected chi connectivity index (χ1v) is 7.50. The molecule has 1 rings (SSSR count). The van der Waals surface area contributed by atoms with Gasteiger partial charge in [0.15, 0.2) is 9.84 Å². The lowest BCUT2D eigenvalue weighted by Crippen LogP contribution is -2.32. The Morgan fingerprint density at radius 2 is 2.17 bits per heavy atom. The van der Waals surface area contributed by atoms with Crippen LogP contribution in [0.25, 0.3) is 0 Å². The maximum atomic E-state index is 11.5. The SMILES string of the molecule is CC(N)CS(=O)(=O)CC(=O)Nc1cccc(Cl)c1. The van der Waals surface area contributed by atoms with Gasteiger partial charge in [-0.2, -0.15) is 0 Å². The maximum absolute atomic E-state index is 11.5. The number of halogens is 1. The topological polar surface area (TPSA) is 89.3 Å². The van der Waals surface area contributed by atoms with Gasteiger partial charge < -0.3 is 11.1 Å². The summed E-state index contributed by atoms with van der Waals surface area (Å²) in [6.07, 6.45) is 0. The molecule has 0 saturated heterocycles. The number of amides is 1. The molecule has 1 atom stereocenters. The second-order valence-corrected chi connectivity index (χ2v) is 6.64. The van der Waals surface area contributed by atoms with Crippen LogP contribution in [0.4, 0.5) is 5.69 Å². The molecule has 1 aromatic carbocycles. The van der Waals surface area contributed by atoms with Crippen LogP contribution < -0.4 is 11.1 Å². The van der Waals surface area contributed by atoms with E-state index in [-0.39, 0.29) is 5.75 Å². The predicted octanol–water partition coefficient (Wildman–Crippen LogP) is 1.04. The molecule has 0 heterocycles. The average Bonchev–Trinajstić information content (AvgIpc) is 2.13. The third-order valence-corrected chi connectivity index (χ3v) is 3.95. The van der Waals surface area contributed by atoms with Gasteiger partial charge in [-0.3, -0.25) is 4.79 Å². The van der Waals surface area contributed by atoms with Crippen molar-refractivity contribution >= 4 is 33.0 Å². The van der Waals surface area contributed by atoms with Crippen LogP contribution in [0.3, 0.4) is 0 Å². The highest BCUT2D eigenvalue weighted by atomic mass is 35.5. The highest BCUT2D eigenvalue weighted by molar-refractivity contribution is 7.92. The predicted molar refractivity (Wildman–Crippen MR) is 72.4 cm³/mol. The van der Waals surface area contributed by atoms with E-state index >= 15 is 0 Å². The molecular formula is C11H15ClN2O3S. The molecule has 0 bridgehead atoms. The van der Waals surface area contributed by atoms with Crippen LogP contribution in [0.2, 0.25) is 5.02 Å². The summed E-state index contributed by atoms with van der Waals surface area (Å²) < 4.78 is 23.1. The minimum atomic E-state index is -3.48. The molecule has 100 valence electrons. The minimum Gasteiger partial charge on any atom is -0.327 e. The van der Waals surface area contributed by atoms with Crippen molar-refractivity contribution in [3.63, 3.8) is 0 Å². The number of anilines is 1. The molecule has 0 fully saturated rings. The smallest absolute Gasteiger partial charge is 0.239 e. The normalized spacial score (nSPS) is 13.1. The van der Waals surface area contributed by atoms with Crippen LogP contribution in [0.5, 0.6) is 0 Å². The van der Waals surface area contributed by atoms with Crippen LogP contribution >= 0.6 is 11.6 Å². The van der Waals surface area contributed by atoms with E-state index in [0.717, 1.165) is 0 Å². The molecule has 3 N–H and O–H groups in total. The fraction of sp³-hybridized carbons (Fsp3) is 0.364. The van der Waals surface area contributed by atoms with Crippen molar-refractivity contribution in [1.82, 2.24) is 0 Å². The Bertz CT molecular complexity index is 529. The summed E-state index contributed by atoms with van der Waals surface area (Å²) in [7, 11) is -3.48. The molecule has 1 unspecified atom stereocenters. The van der Waals surface area contributed by atoms with Gasteiger partial charge in [0.2, 0.25) is 5.91 Å². The second kappa shape index (κ2) is 6.17. The van der Waals surface area contributed by atoms with Crippen LogP contribution in [-0.2, 0) is 14.6 Å². The van der Waals surface area contributed by atoms with Crippen molar-refractivity contribution in [2.45, 2.75) is 13.0 Å². The number of carbonyl (C=O) groups excluding carboxylic acids is 1. The van der Waals surface area contributed by atoms with Crippen LogP contribution in [-0.4, -0.2) is 31.9 Å². The Morgan fingerprint density at radius 1 is 1.50 bits per heavy atom. The zero-order valence-corrected chi connectivity index (χ0v) is 11.5. The monoisotopic (exact) mass is 290 g/mol. The molecule has 0 aliphatic carbocycles. The summed E-state index contributed by atoms with van der Waals surface area (Å²) in [5.41, 5.74) is 5.86. The van der Waals surface area contributed by atoms with E-state index in [4.69, 9.17) is 17.3 Å². The largest absolute Gasteiger partial charge is 0.327 e. The van der Waals surface area contributed by atoms with Crippen molar-refractivity contribution in [1.29, 1.82) is 0 Å². The molecule has 0 aliphatic heterocycles. The summed E-state index contributed by atoms with van der Waals surface area (Å²) in [6, 6.07) is 5.99. The first-order chi connectivity index (χ1) is 8.28. The van der Waals surface area contributed by atoms with Crippen molar-refractivity contribution in [2.75, 3.05) is 16.8 Å². The maximum Gasteiger partial charge on any atom is 0.239 e. The first kappa shape index (κ1) is 14.9. The zero-order valence-electron chi connectivity index (χ0n) is 9.89. The number of sulfone groups is 1. The lowest BCUT2D eigenvalue weighted by Gasteiger charge is -2.08. The number of hydrogen-bond donors (Lipinski definition) is 2. The number of rotatable bonds is 5. The molecule has 5 nitrogen and oxygen atoms in total. The highest BCUT2D eigenvalue weighted by Crippen LogP contribution is 2.14. The summed E-state index contributed by atoms with van der Waals surface area (Å²) in [5.74, 6) is -1.39. The van der Waals surface area contributed by atoms with Gasteiger partial charge >= 0.3 is 0 Å². The fourth-order valence-corrected chi connectivity index (χ4v) is 3.00. The van der Waals surface area contributed by atoms with Crippen molar-refractivity contribution in [2.24, 2.45) is 5.73 Å². The van der Waals surface area contributed by atoms with Gasteiger partial charge in [0.1, 0.15) is 5.75 Å². The number of carbonyl (C=O) groups is 1. The Labute approximate surface area is 111 Å². The van der Waals surface area contributed by atoms with Crippen LogP contribution in [0.1, 0.15) is 6.92 Å². The van der Waals surface area contributed by atoms with Crippen LogP contribution in [0.15, 0.2) is 24.3 Å². The van der Waals surface area contributed by atoms with Gasteiger partial charge in [0.25, 0.3) is 0 Å². The standard InChI is InChI=1S/C11H15ClN2O3S/c1-8(13)6-18(16,17)7-11(15)14-10-4-2-3-9(12)5-10/h2-5,8H,6-7,13H2,1H3,(H,14,15). The van der Waals surface area contributed by atoms with E-state index in [9.17, 15) is 13.2 Å². The van der Waals surface area contributed by atoms with E-state index < -0.39 is 27.5 Å². The van der Waals surface area contributed by atoms with Gasteiger partial charge in [-0.05, 0) is 25.1 Å². The van der Waals surface area contributed by atoms with Gasteiger partial charge in [0, 0.05) is 16.8 Å². The molecule has 1 aromatic rings. The minimum absolute atomic E-state index is 0.212. The van der Waals surface area contributed by atoms with Gasteiger partial charge in [-0.15, -0.1) is 0 Å². The van der Waals surface area contributed by atoms with Gasteiger partial charge in [-0.1, -0.05) is 17.7 Å². The van der Waals surface area contributed by atoms with Crippen molar-refractivity contribution < 1.29 is 13.2 Å². The number of nitrogens with two attached hydrogens (primary N) is 1. The van der Waals surface area contributed by atoms with E-state index in [1.807, 2.05) is 0 Å². The molecular weight excluding hydrogens is 276 g/mol. The van der Waals surface area contributed by atoms with E-state index in [1.54, 1.807) is 25.1 Å². The molecule has 7 heteroatoms. The summed E-state index contributed by atoms with van der Waals surface area (Å²) in [4.78, 5) is 11.5. The van der Waals surface area contributed by atoms with E-state index in [2.05, 4.69) is 5.32 Å². The van der Waals surface area contributed by atoms with Crippen molar-refractivity contribution in [3.05, 3.63) is 29.3 Å². The molecule has 0 aromatic heterocycles. The van der Waals surface area contributed by atoms with E-state index in [1.165, 1.54) is 6.07 Å². The lowest BCUT2D eigenvalue weighted by molar-refractivity contribution is -0.113. The molecule has 0 aliphatic rings. The Hall–Kier alpha value is -1.11. The third kappa shape index (κ3) is 5.48. The Balaban J connectivity index is 2.62. The summed E-state index contributed by atoms with van der Waals surface area (Å²) in [5, 5.41) is 2.93. The second-order valence-electron chi connectivity index (χ2n) is 4.09. The molecule has 1 amide bonds. The summed E-state index contributed by atoms with van der Waals surface area (Å²) >= 11 is 5.74. The highest BCUT2D eigenvalue weighted by Gasteiger charge is 2.18. The Kier molecular flexibility index (Phi) is 5.13. The third-order valence-electron chi connectivity index (χ3n) is 1.98. The van der Waals surface area contributed by atoms with Crippen molar-refractivity contribution in [3.8, 4) is 0 Å². The lowest BCUT2D eigenvalue weighted by atomic mass is 10.3. The number of benzene rings is 1. The zero-order chi connectivity index (χ0) is 13.8. The molecule has 0 spiro atoms. The Morgan fingerprint density at radius 3 is 2.72 bits per heavy atom. The quantitative estimate of drug-likeness (QED) is 0.848. The average molecular weight is 291 g/mol. The number of hydrogen-bond acceptors (Lipinski definition) is 4. The fourth-order valence-electron chi connectivity index (χ4n) is 1.42. The van der Waals surface area contributed by atoms with Crippen LogP contribution in [0, 0.1) is 0 Å². The molecule has 0 saturated carbocycles. The first-order valence-electron chi connectivity index (χ1n) is 5.30. The molecule has 18 heavy (non-hydrogen) atoms. The van der Waals surface area contributed by atoms with Gasteiger partial charge in [0.05, 0.1) is 5.75 Å². The van der Waals surface area contributed by atoms with E-state index in [0.29, 0.717) is 10.7 Å². The molecule has 0 radical (unpaired) electrons. The number of nitrogens with one attached hydrogen (secondary N) is 1. The van der Waals surface area contributed by atoms with Gasteiger partial charge in [-0.25, -0.2) is 8.42 Å². The summed E-state index contributed by atoms with van der Waals surface area (Å²) in [6.45, 7) is 1.58.